The van der Waals surface area contributed by atoms with Gasteiger partial charge in [0.2, 0.25) is 9.84 Å². The van der Waals surface area contributed by atoms with Crippen LogP contribution in [0.1, 0.15) is 68.6 Å². The number of pyridine rings is 1. The molecule has 1 aromatic carbocycles. The van der Waals surface area contributed by atoms with Crippen LogP contribution in [0.4, 0.5) is 0 Å². The van der Waals surface area contributed by atoms with Crippen LogP contribution in [0.5, 0.6) is 11.5 Å². The van der Waals surface area contributed by atoms with Gasteiger partial charge in [-0.25, -0.2) is 8.42 Å². The molecular weight excluding hydrogens is 472 g/mol. The van der Waals surface area contributed by atoms with Crippen LogP contribution >= 0.6 is 0 Å². The summed E-state index contributed by atoms with van der Waals surface area (Å²) in [5.41, 5.74) is 3.27. The summed E-state index contributed by atoms with van der Waals surface area (Å²) < 4.78 is 41.4. The quantitative estimate of drug-likeness (QED) is 0.321. The Kier molecular flexibility index (Phi) is 8.30. The molecule has 1 aliphatic heterocycles. The number of ether oxygens (including phenoxy) is 2. The number of nitrogens with zero attached hydrogens (tertiary/aromatic N) is 2. The first-order chi connectivity index (χ1) is 17.2. The van der Waals surface area contributed by atoms with Crippen LogP contribution in [0, 0.1) is 13.8 Å². The van der Waals surface area contributed by atoms with Crippen molar-refractivity contribution in [2.45, 2.75) is 75.5 Å². The lowest BCUT2D eigenvalue weighted by Gasteiger charge is -2.19. The molecule has 0 unspecified atom stereocenters. The van der Waals surface area contributed by atoms with Gasteiger partial charge in [0.05, 0.1) is 24.1 Å². The zero-order chi connectivity index (χ0) is 25.9. The Hall–Kier alpha value is -2.51. The lowest BCUT2D eigenvalue weighted by Crippen LogP contribution is -2.26. The predicted molar refractivity (Wildman–Crippen MR) is 144 cm³/mol. The topological polar surface area (TPSA) is 60.3 Å². The van der Waals surface area contributed by atoms with E-state index in [0.29, 0.717) is 22.8 Å². The molecule has 3 heterocycles. The van der Waals surface area contributed by atoms with Crippen molar-refractivity contribution in [2.24, 2.45) is 0 Å². The van der Waals surface area contributed by atoms with Gasteiger partial charge in [-0.2, -0.15) is 0 Å². The molecule has 0 radical (unpaired) electrons. The molecule has 36 heavy (non-hydrogen) atoms. The Labute approximate surface area is 216 Å². The van der Waals surface area contributed by atoms with Crippen LogP contribution in [-0.2, 0) is 9.84 Å². The van der Waals surface area contributed by atoms with E-state index in [0.717, 1.165) is 35.4 Å². The molecule has 2 aromatic heterocycles. The Bertz CT molecular complexity index is 1290. The second-order valence-corrected chi connectivity index (χ2v) is 12.1. The molecule has 3 aromatic rings. The fourth-order valence-electron chi connectivity index (χ4n) is 5.34. The highest BCUT2D eigenvalue weighted by Crippen LogP contribution is 2.39. The standard InChI is InChI=1S/C29H40N2O4S/c1-21(2)26-20-31-19-22(3)28(34-5)23(4)27(31)29(26)36(32,33)25-13-11-24(12-14-25)35-18-10-17-30-15-8-6-7-9-16-30/h11-14,19-21H,6-10,15-18H2,1-5H3. The fourth-order valence-corrected chi connectivity index (χ4v) is 7.18. The van der Waals surface area contributed by atoms with Crippen LogP contribution in [0.2, 0.25) is 0 Å². The van der Waals surface area contributed by atoms with Gasteiger partial charge < -0.3 is 18.8 Å². The molecule has 0 atom stereocenters. The van der Waals surface area contributed by atoms with Gasteiger partial charge in [0.25, 0.3) is 0 Å². The molecule has 1 aliphatic rings. The summed E-state index contributed by atoms with van der Waals surface area (Å²) in [6, 6.07) is 6.86. The van der Waals surface area contributed by atoms with E-state index in [1.165, 1.54) is 38.8 Å². The molecule has 0 saturated carbocycles. The summed E-state index contributed by atoms with van der Waals surface area (Å²) >= 11 is 0. The fraction of sp³-hybridized carbons (Fsp3) is 0.517. The van der Waals surface area contributed by atoms with Gasteiger partial charge in [-0.05, 0) is 81.9 Å². The monoisotopic (exact) mass is 512 g/mol. The number of likely N-dealkylation sites (tertiary alicyclic amines) is 1. The highest BCUT2D eigenvalue weighted by Gasteiger charge is 2.29. The number of rotatable bonds is 9. The zero-order valence-electron chi connectivity index (χ0n) is 22.3. The van der Waals surface area contributed by atoms with Crippen LogP contribution in [0.25, 0.3) is 5.52 Å². The first kappa shape index (κ1) is 26.6. The van der Waals surface area contributed by atoms with Crippen LogP contribution < -0.4 is 9.47 Å². The van der Waals surface area contributed by atoms with E-state index in [4.69, 9.17) is 9.47 Å². The second-order valence-electron chi connectivity index (χ2n) is 10.2. The third-order valence-corrected chi connectivity index (χ3v) is 9.07. The molecule has 0 bridgehead atoms. The van der Waals surface area contributed by atoms with Crippen molar-refractivity contribution in [2.75, 3.05) is 33.4 Å². The summed E-state index contributed by atoms with van der Waals surface area (Å²) in [6.07, 6.45) is 10.1. The number of methoxy groups -OCH3 is 1. The van der Waals surface area contributed by atoms with E-state index >= 15 is 0 Å². The van der Waals surface area contributed by atoms with Gasteiger partial charge in [0, 0.05) is 30.1 Å². The third-order valence-electron chi connectivity index (χ3n) is 7.22. The molecular formula is C29H40N2O4S. The summed E-state index contributed by atoms with van der Waals surface area (Å²) in [6.45, 7) is 12.0. The molecule has 4 rings (SSSR count). The van der Waals surface area contributed by atoms with Gasteiger partial charge in [-0.1, -0.05) is 26.7 Å². The van der Waals surface area contributed by atoms with Gasteiger partial charge in [0.1, 0.15) is 16.4 Å². The van der Waals surface area contributed by atoms with Crippen molar-refractivity contribution < 1.29 is 17.9 Å². The molecule has 1 saturated heterocycles. The zero-order valence-corrected chi connectivity index (χ0v) is 23.2. The Morgan fingerprint density at radius 3 is 2.25 bits per heavy atom. The van der Waals surface area contributed by atoms with Crippen LogP contribution in [-0.4, -0.2) is 51.1 Å². The number of aromatic nitrogens is 1. The average molecular weight is 513 g/mol. The van der Waals surface area contributed by atoms with Crippen molar-refractivity contribution in [1.82, 2.24) is 9.30 Å². The minimum Gasteiger partial charge on any atom is -0.496 e. The molecule has 196 valence electrons. The van der Waals surface area contributed by atoms with E-state index in [1.807, 2.05) is 44.5 Å². The van der Waals surface area contributed by atoms with Crippen molar-refractivity contribution in [1.29, 1.82) is 0 Å². The lowest BCUT2D eigenvalue weighted by molar-refractivity contribution is 0.240. The molecule has 0 N–H and O–H groups in total. The molecule has 6 nitrogen and oxygen atoms in total. The van der Waals surface area contributed by atoms with Gasteiger partial charge in [-0.15, -0.1) is 0 Å². The largest absolute Gasteiger partial charge is 0.496 e. The summed E-state index contributed by atoms with van der Waals surface area (Å²) in [7, 11) is -2.13. The van der Waals surface area contributed by atoms with Crippen molar-refractivity contribution in [3.8, 4) is 11.5 Å². The van der Waals surface area contributed by atoms with Crippen molar-refractivity contribution >= 4 is 15.4 Å². The van der Waals surface area contributed by atoms with E-state index < -0.39 is 9.84 Å². The maximum atomic E-state index is 13.9. The first-order valence-corrected chi connectivity index (χ1v) is 14.6. The number of aryl methyl sites for hydroxylation is 2. The number of benzene rings is 1. The molecule has 0 aliphatic carbocycles. The molecule has 1 fully saturated rings. The second kappa shape index (κ2) is 11.3. The van der Waals surface area contributed by atoms with Gasteiger partial charge in [-0.3, -0.25) is 0 Å². The minimum atomic E-state index is -3.76. The highest BCUT2D eigenvalue weighted by molar-refractivity contribution is 7.91. The number of hydrogen-bond acceptors (Lipinski definition) is 5. The molecule has 0 amide bonds. The molecule has 0 spiro atoms. The Morgan fingerprint density at radius 2 is 1.64 bits per heavy atom. The highest BCUT2D eigenvalue weighted by atomic mass is 32.2. The van der Waals surface area contributed by atoms with Crippen molar-refractivity contribution in [3.63, 3.8) is 0 Å². The van der Waals surface area contributed by atoms with E-state index in [1.54, 1.807) is 31.4 Å². The van der Waals surface area contributed by atoms with Crippen molar-refractivity contribution in [3.05, 3.63) is 53.3 Å². The Balaban J connectivity index is 1.55. The first-order valence-electron chi connectivity index (χ1n) is 13.1. The number of sulfone groups is 1. The average Bonchev–Trinajstić information content (AvgIpc) is 3.05. The number of fused-ring (bicyclic) bond motifs is 1. The smallest absolute Gasteiger partial charge is 0.209 e. The third kappa shape index (κ3) is 5.42. The SMILES string of the molecule is COc1c(C)cn2cc(C(C)C)c(S(=O)(=O)c3ccc(OCCCN4CCCCCC4)cc3)c2c1C. The van der Waals surface area contributed by atoms with Crippen LogP contribution in [0.3, 0.4) is 0 Å². The lowest BCUT2D eigenvalue weighted by atomic mass is 10.1. The Morgan fingerprint density at radius 1 is 0.972 bits per heavy atom. The maximum Gasteiger partial charge on any atom is 0.209 e. The summed E-state index contributed by atoms with van der Waals surface area (Å²) in [5, 5.41) is 0. The predicted octanol–water partition coefficient (Wildman–Crippen LogP) is 6.17. The number of hydrogen-bond donors (Lipinski definition) is 0. The van der Waals surface area contributed by atoms with Crippen LogP contribution in [0.15, 0.2) is 46.5 Å². The maximum absolute atomic E-state index is 13.9. The normalized spacial score (nSPS) is 15.4. The summed E-state index contributed by atoms with van der Waals surface area (Å²) in [4.78, 5) is 3.16. The van der Waals surface area contributed by atoms with E-state index in [-0.39, 0.29) is 10.8 Å². The van der Waals surface area contributed by atoms with Gasteiger partial charge in [0.15, 0.2) is 0 Å². The minimum absolute atomic E-state index is 0.0483. The van der Waals surface area contributed by atoms with E-state index in [2.05, 4.69) is 4.90 Å². The van der Waals surface area contributed by atoms with E-state index in [9.17, 15) is 8.42 Å². The summed E-state index contributed by atoms with van der Waals surface area (Å²) in [5.74, 6) is 1.47. The molecule has 7 heteroatoms. The van der Waals surface area contributed by atoms with Gasteiger partial charge >= 0.3 is 0 Å².